The number of carbonyl (C=O) groups is 1. The molecule has 1 heterocycles. The van der Waals surface area contributed by atoms with Crippen LogP contribution in [0.15, 0.2) is 23.0 Å². The van der Waals surface area contributed by atoms with Gasteiger partial charge in [0, 0.05) is 5.69 Å². The number of Topliss-reactive ketones (excluding diaryl/α,β-unsaturated/α-hetero) is 1. The lowest BCUT2D eigenvalue weighted by Crippen LogP contribution is -2.19. The van der Waals surface area contributed by atoms with E-state index in [-0.39, 0.29) is 11.3 Å². The number of nitrogens with one attached hydrogen (secondary N) is 1. The van der Waals surface area contributed by atoms with E-state index in [1.165, 1.54) is 11.6 Å². The maximum atomic E-state index is 12.1. The lowest BCUT2D eigenvalue weighted by atomic mass is 10.2. The summed E-state index contributed by atoms with van der Waals surface area (Å²) in [5.41, 5.74) is 0.822. The zero-order valence-corrected chi connectivity index (χ0v) is 11.3. The van der Waals surface area contributed by atoms with Crippen molar-refractivity contribution < 1.29 is 4.79 Å². The third kappa shape index (κ3) is 2.09. The first kappa shape index (κ1) is 12.9. The van der Waals surface area contributed by atoms with Crippen molar-refractivity contribution in [2.24, 2.45) is 0 Å². The summed E-state index contributed by atoms with van der Waals surface area (Å²) in [6.45, 7) is 3.03. The molecule has 1 N–H and O–H groups in total. The van der Waals surface area contributed by atoms with E-state index in [1.807, 2.05) is 0 Å². The highest BCUT2D eigenvalue weighted by Gasteiger charge is 2.16. The van der Waals surface area contributed by atoms with Gasteiger partial charge in [-0.1, -0.05) is 23.2 Å². The van der Waals surface area contributed by atoms with Gasteiger partial charge in [-0.3, -0.25) is 14.7 Å². The predicted molar refractivity (Wildman–Crippen MR) is 71.2 cm³/mol. The molecule has 2 rings (SSSR count). The van der Waals surface area contributed by atoms with Crippen LogP contribution in [0.5, 0.6) is 0 Å². The smallest absolute Gasteiger partial charge is 0.282 e. The molecule has 0 atom stereocenters. The molecule has 0 aliphatic rings. The SMILES string of the molecule is CC(=O)c1c(C)[nH]n(-c2ccc(Cl)c(Cl)c2)c1=O. The largest absolute Gasteiger partial charge is 0.295 e. The van der Waals surface area contributed by atoms with Gasteiger partial charge in [0.1, 0.15) is 5.56 Å². The van der Waals surface area contributed by atoms with Gasteiger partial charge in [-0.2, -0.15) is 0 Å². The Morgan fingerprint density at radius 3 is 2.44 bits per heavy atom. The molecule has 0 saturated heterocycles. The van der Waals surface area contributed by atoms with E-state index < -0.39 is 5.56 Å². The van der Waals surface area contributed by atoms with Crippen LogP contribution in [0.1, 0.15) is 23.0 Å². The van der Waals surface area contributed by atoms with Crippen LogP contribution < -0.4 is 5.56 Å². The highest BCUT2D eigenvalue weighted by atomic mass is 35.5. The lowest BCUT2D eigenvalue weighted by Gasteiger charge is -2.03. The summed E-state index contributed by atoms with van der Waals surface area (Å²) in [5, 5.41) is 3.59. The van der Waals surface area contributed by atoms with E-state index in [0.717, 1.165) is 0 Å². The number of hydrogen-bond donors (Lipinski definition) is 1. The highest BCUT2D eigenvalue weighted by Crippen LogP contribution is 2.23. The Kier molecular flexibility index (Phi) is 3.32. The van der Waals surface area contributed by atoms with Crippen LogP contribution in [-0.4, -0.2) is 15.6 Å². The standard InChI is InChI=1S/C12H10Cl2N2O2/c1-6-11(7(2)17)12(18)16(15-6)8-3-4-9(13)10(14)5-8/h3-5,15H,1-2H3. The number of halogens is 2. The first-order valence-electron chi connectivity index (χ1n) is 5.20. The molecule has 6 heteroatoms. The van der Waals surface area contributed by atoms with Crippen LogP contribution in [0.2, 0.25) is 10.0 Å². The average Bonchev–Trinajstić information content (AvgIpc) is 2.58. The van der Waals surface area contributed by atoms with Gasteiger partial charge in [-0.15, -0.1) is 0 Å². The van der Waals surface area contributed by atoms with Crippen molar-refractivity contribution >= 4 is 29.0 Å². The molecule has 0 fully saturated rings. The number of aryl methyl sites for hydroxylation is 1. The van der Waals surface area contributed by atoms with Gasteiger partial charge in [-0.25, -0.2) is 4.68 Å². The van der Waals surface area contributed by atoms with Crippen molar-refractivity contribution in [1.29, 1.82) is 0 Å². The Balaban J connectivity index is 2.65. The molecule has 0 amide bonds. The summed E-state index contributed by atoms with van der Waals surface area (Å²) in [5.74, 6) is -0.271. The molecule has 0 spiro atoms. The number of aromatic nitrogens is 2. The number of aromatic amines is 1. The first-order valence-corrected chi connectivity index (χ1v) is 5.95. The van der Waals surface area contributed by atoms with Gasteiger partial charge in [0.05, 0.1) is 15.7 Å². The number of hydrogen-bond acceptors (Lipinski definition) is 2. The van der Waals surface area contributed by atoms with Gasteiger partial charge < -0.3 is 0 Å². The van der Waals surface area contributed by atoms with Crippen molar-refractivity contribution in [2.45, 2.75) is 13.8 Å². The fourth-order valence-electron chi connectivity index (χ4n) is 1.77. The molecule has 2 aromatic rings. The Bertz CT molecular complexity index is 686. The second kappa shape index (κ2) is 4.63. The fraction of sp³-hybridized carbons (Fsp3) is 0.167. The summed E-state index contributed by atoms with van der Waals surface area (Å²) >= 11 is 11.7. The molecule has 0 saturated carbocycles. The van der Waals surface area contributed by atoms with Gasteiger partial charge in [0.2, 0.25) is 0 Å². The zero-order chi connectivity index (χ0) is 13.4. The van der Waals surface area contributed by atoms with Crippen molar-refractivity contribution in [3.8, 4) is 5.69 Å². The first-order chi connectivity index (χ1) is 8.41. The van der Waals surface area contributed by atoms with Crippen molar-refractivity contribution in [3.05, 3.63) is 49.9 Å². The molecular weight excluding hydrogens is 275 g/mol. The van der Waals surface area contributed by atoms with Gasteiger partial charge in [0.15, 0.2) is 5.78 Å². The van der Waals surface area contributed by atoms with Crippen LogP contribution in [0.4, 0.5) is 0 Å². The van der Waals surface area contributed by atoms with Gasteiger partial charge in [0.25, 0.3) is 5.56 Å². The number of H-pyrrole nitrogens is 1. The Labute approximate surface area is 113 Å². The molecular formula is C12H10Cl2N2O2. The number of rotatable bonds is 2. The zero-order valence-electron chi connectivity index (χ0n) is 9.75. The number of benzene rings is 1. The fourth-order valence-corrected chi connectivity index (χ4v) is 2.06. The topological polar surface area (TPSA) is 54.9 Å². The lowest BCUT2D eigenvalue weighted by molar-refractivity contribution is 0.101. The molecule has 0 radical (unpaired) electrons. The van der Waals surface area contributed by atoms with Crippen LogP contribution in [0, 0.1) is 6.92 Å². The number of carbonyl (C=O) groups excluding carboxylic acids is 1. The predicted octanol–water partition coefficient (Wildman–Crippen LogP) is 2.98. The van der Waals surface area contributed by atoms with E-state index in [1.54, 1.807) is 25.1 Å². The van der Waals surface area contributed by atoms with Crippen LogP contribution >= 0.6 is 23.2 Å². The van der Waals surface area contributed by atoms with E-state index in [9.17, 15) is 9.59 Å². The third-order valence-electron chi connectivity index (χ3n) is 2.58. The minimum atomic E-state index is -0.390. The molecule has 94 valence electrons. The van der Waals surface area contributed by atoms with E-state index in [0.29, 0.717) is 21.4 Å². The summed E-state index contributed by atoms with van der Waals surface area (Å²) in [4.78, 5) is 23.4. The number of nitrogens with zero attached hydrogens (tertiary/aromatic N) is 1. The van der Waals surface area contributed by atoms with Gasteiger partial charge >= 0.3 is 0 Å². The number of ketones is 1. The molecule has 0 unspecified atom stereocenters. The second-order valence-electron chi connectivity index (χ2n) is 3.91. The normalized spacial score (nSPS) is 10.7. The van der Waals surface area contributed by atoms with Crippen LogP contribution in [0.25, 0.3) is 5.69 Å². The molecule has 0 bridgehead atoms. The second-order valence-corrected chi connectivity index (χ2v) is 4.72. The third-order valence-corrected chi connectivity index (χ3v) is 3.32. The maximum absolute atomic E-state index is 12.1. The Hall–Kier alpha value is -1.52. The van der Waals surface area contributed by atoms with Crippen molar-refractivity contribution in [2.75, 3.05) is 0 Å². The molecule has 0 aliphatic carbocycles. The van der Waals surface area contributed by atoms with E-state index in [4.69, 9.17) is 23.2 Å². The summed E-state index contributed by atoms with van der Waals surface area (Å²) in [7, 11) is 0. The van der Waals surface area contributed by atoms with Crippen molar-refractivity contribution in [1.82, 2.24) is 9.78 Å². The minimum absolute atomic E-state index is 0.154. The van der Waals surface area contributed by atoms with Crippen LogP contribution in [-0.2, 0) is 0 Å². The minimum Gasteiger partial charge on any atom is -0.295 e. The summed E-state index contributed by atoms with van der Waals surface area (Å²) in [6, 6.07) is 4.80. The highest BCUT2D eigenvalue weighted by molar-refractivity contribution is 6.42. The van der Waals surface area contributed by atoms with Gasteiger partial charge in [-0.05, 0) is 32.0 Å². The monoisotopic (exact) mass is 284 g/mol. The molecule has 0 aliphatic heterocycles. The molecule has 1 aromatic carbocycles. The molecule has 1 aromatic heterocycles. The van der Waals surface area contributed by atoms with E-state index >= 15 is 0 Å². The Morgan fingerprint density at radius 2 is 1.94 bits per heavy atom. The quantitative estimate of drug-likeness (QED) is 0.862. The van der Waals surface area contributed by atoms with E-state index in [2.05, 4.69) is 5.10 Å². The summed E-state index contributed by atoms with van der Waals surface area (Å²) in [6.07, 6.45) is 0. The maximum Gasteiger partial charge on any atom is 0.282 e. The molecule has 18 heavy (non-hydrogen) atoms. The summed E-state index contributed by atoms with van der Waals surface area (Å²) < 4.78 is 1.27. The van der Waals surface area contributed by atoms with Crippen LogP contribution in [0.3, 0.4) is 0 Å². The Morgan fingerprint density at radius 1 is 1.28 bits per heavy atom. The van der Waals surface area contributed by atoms with Crippen molar-refractivity contribution in [3.63, 3.8) is 0 Å². The average molecular weight is 285 g/mol. The molecule has 4 nitrogen and oxygen atoms in total.